The fourth-order valence-corrected chi connectivity index (χ4v) is 0.788. The summed E-state index contributed by atoms with van der Waals surface area (Å²) in [5.41, 5.74) is 4.14. The van der Waals surface area contributed by atoms with E-state index in [-0.39, 0.29) is 0 Å². The highest BCUT2D eigenvalue weighted by atomic mass is 16.3. The van der Waals surface area contributed by atoms with Crippen molar-refractivity contribution in [3.8, 4) is 0 Å². The van der Waals surface area contributed by atoms with Crippen LogP contribution in [0.1, 0.15) is 27.7 Å². The van der Waals surface area contributed by atoms with Gasteiger partial charge >= 0.3 is 0 Å². The molecule has 0 aromatic rings. The summed E-state index contributed by atoms with van der Waals surface area (Å²) < 4.78 is 0. The van der Waals surface area contributed by atoms with Crippen molar-refractivity contribution in [2.24, 2.45) is 5.73 Å². The van der Waals surface area contributed by atoms with Crippen LogP contribution in [0.15, 0.2) is 0 Å². The van der Waals surface area contributed by atoms with E-state index in [0.717, 1.165) is 0 Å². The molecule has 3 heteroatoms. The van der Waals surface area contributed by atoms with E-state index in [4.69, 9.17) is 10.8 Å². The van der Waals surface area contributed by atoms with E-state index in [0.29, 0.717) is 0 Å². The number of rotatable bonds is 2. The Morgan fingerprint density at radius 1 is 1.22 bits per heavy atom. The molecule has 0 bridgehead atoms. The molecule has 0 amide bonds. The molecule has 0 fully saturated rings. The van der Waals surface area contributed by atoms with Gasteiger partial charge in [-0.25, -0.2) is 0 Å². The standard InChI is InChI=1S/C6H16N2O/c1-5(2,7)8-6(3,4)9/h8-9H,7H2,1-4H3. The zero-order chi connectivity index (χ0) is 7.71. The number of hydrogen-bond acceptors (Lipinski definition) is 3. The maximum Gasteiger partial charge on any atom is 0.111 e. The minimum Gasteiger partial charge on any atom is -0.376 e. The highest BCUT2D eigenvalue weighted by Gasteiger charge is 2.20. The topological polar surface area (TPSA) is 58.3 Å². The van der Waals surface area contributed by atoms with Crippen molar-refractivity contribution in [3.63, 3.8) is 0 Å². The van der Waals surface area contributed by atoms with Gasteiger partial charge in [0.15, 0.2) is 0 Å². The Morgan fingerprint density at radius 3 is 1.56 bits per heavy atom. The van der Waals surface area contributed by atoms with Crippen LogP contribution in [0.25, 0.3) is 0 Å². The van der Waals surface area contributed by atoms with E-state index < -0.39 is 11.4 Å². The summed E-state index contributed by atoms with van der Waals surface area (Å²) in [5, 5.41) is 12.0. The van der Waals surface area contributed by atoms with Crippen LogP contribution in [0, 0.1) is 0 Å². The number of hydrogen-bond donors (Lipinski definition) is 3. The first-order valence-corrected chi connectivity index (χ1v) is 3.01. The third-order valence-corrected chi connectivity index (χ3v) is 0.628. The lowest BCUT2D eigenvalue weighted by Crippen LogP contribution is -2.57. The zero-order valence-corrected chi connectivity index (χ0v) is 6.52. The number of nitrogens with two attached hydrogens (primary N) is 1. The summed E-state index contributed by atoms with van der Waals surface area (Å²) in [6.07, 6.45) is 0. The van der Waals surface area contributed by atoms with E-state index in [9.17, 15) is 0 Å². The van der Waals surface area contributed by atoms with Gasteiger partial charge in [-0.15, -0.1) is 0 Å². The van der Waals surface area contributed by atoms with Gasteiger partial charge in [-0.3, -0.25) is 5.32 Å². The molecule has 0 unspecified atom stereocenters. The van der Waals surface area contributed by atoms with Gasteiger partial charge in [0.1, 0.15) is 5.72 Å². The average molecular weight is 132 g/mol. The summed E-state index contributed by atoms with van der Waals surface area (Å²) in [5.74, 6) is 0. The van der Waals surface area contributed by atoms with Gasteiger partial charge in [0.2, 0.25) is 0 Å². The van der Waals surface area contributed by atoms with Crippen LogP contribution in [-0.4, -0.2) is 16.5 Å². The van der Waals surface area contributed by atoms with Gasteiger partial charge < -0.3 is 10.8 Å². The molecule has 4 N–H and O–H groups in total. The summed E-state index contributed by atoms with van der Waals surface area (Å²) in [6, 6.07) is 0. The predicted octanol–water partition coefficient (Wildman–Crippen LogP) is -0.000800. The molecule has 0 aliphatic carbocycles. The highest BCUT2D eigenvalue weighted by molar-refractivity contribution is 4.74. The Hall–Kier alpha value is -0.120. The van der Waals surface area contributed by atoms with Crippen molar-refractivity contribution in [1.29, 1.82) is 0 Å². The Kier molecular flexibility index (Phi) is 2.22. The maximum atomic E-state index is 9.16. The van der Waals surface area contributed by atoms with Crippen LogP contribution in [-0.2, 0) is 0 Å². The van der Waals surface area contributed by atoms with Crippen molar-refractivity contribution in [2.45, 2.75) is 39.1 Å². The van der Waals surface area contributed by atoms with Crippen molar-refractivity contribution in [3.05, 3.63) is 0 Å². The normalized spacial score (nSPS) is 14.0. The molecule has 0 spiro atoms. The molecule has 0 radical (unpaired) electrons. The van der Waals surface area contributed by atoms with E-state index >= 15 is 0 Å². The lowest BCUT2D eigenvalue weighted by molar-refractivity contribution is 0.0163. The highest BCUT2D eigenvalue weighted by Crippen LogP contribution is 2.00. The summed E-state index contributed by atoms with van der Waals surface area (Å²) in [4.78, 5) is 0. The largest absolute Gasteiger partial charge is 0.376 e. The molecule has 0 rings (SSSR count). The first-order chi connectivity index (χ1) is 3.71. The maximum absolute atomic E-state index is 9.16. The fourth-order valence-electron chi connectivity index (χ4n) is 0.788. The first kappa shape index (κ1) is 8.88. The molecule has 9 heavy (non-hydrogen) atoms. The second-order valence-electron chi connectivity index (χ2n) is 3.41. The molecule has 0 aliphatic rings. The van der Waals surface area contributed by atoms with E-state index in [1.807, 2.05) is 0 Å². The second-order valence-corrected chi connectivity index (χ2v) is 3.41. The van der Waals surface area contributed by atoms with Crippen molar-refractivity contribution in [1.82, 2.24) is 5.32 Å². The van der Waals surface area contributed by atoms with Crippen LogP contribution in [0.3, 0.4) is 0 Å². The molecule has 0 saturated heterocycles. The minimum absolute atomic E-state index is 0.516. The van der Waals surface area contributed by atoms with Gasteiger partial charge in [0.05, 0.1) is 5.66 Å². The van der Waals surface area contributed by atoms with E-state index in [1.54, 1.807) is 27.7 Å². The molecule has 0 heterocycles. The van der Waals surface area contributed by atoms with Crippen LogP contribution >= 0.6 is 0 Å². The summed E-state index contributed by atoms with van der Waals surface area (Å²) in [7, 11) is 0. The van der Waals surface area contributed by atoms with Crippen molar-refractivity contribution in [2.75, 3.05) is 0 Å². The molecule has 3 nitrogen and oxygen atoms in total. The smallest absolute Gasteiger partial charge is 0.111 e. The quantitative estimate of drug-likeness (QED) is 0.463. The van der Waals surface area contributed by atoms with Crippen LogP contribution < -0.4 is 11.1 Å². The third kappa shape index (κ3) is 7.88. The van der Waals surface area contributed by atoms with Gasteiger partial charge in [0, 0.05) is 0 Å². The number of nitrogens with one attached hydrogen (secondary N) is 1. The third-order valence-electron chi connectivity index (χ3n) is 0.628. The summed E-state index contributed by atoms with van der Waals surface area (Å²) in [6.45, 7) is 6.90. The van der Waals surface area contributed by atoms with Crippen LogP contribution in [0.4, 0.5) is 0 Å². The average Bonchev–Trinajstić information content (AvgIpc) is 1.14. The molecular weight excluding hydrogens is 116 g/mol. The summed E-state index contributed by atoms with van der Waals surface area (Å²) >= 11 is 0. The van der Waals surface area contributed by atoms with E-state index in [1.165, 1.54) is 0 Å². The van der Waals surface area contributed by atoms with Gasteiger partial charge in [-0.1, -0.05) is 0 Å². The SMILES string of the molecule is CC(C)(N)NC(C)(C)O. The van der Waals surface area contributed by atoms with Crippen LogP contribution in [0.5, 0.6) is 0 Å². The Labute approximate surface area is 56.2 Å². The van der Waals surface area contributed by atoms with Gasteiger partial charge in [0.25, 0.3) is 0 Å². The van der Waals surface area contributed by atoms with Crippen LogP contribution in [0.2, 0.25) is 0 Å². The monoisotopic (exact) mass is 132 g/mol. The van der Waals surface area contributed by atoms with Gasteiger partial charge in [-0.2, -0.15) is 0 Å². The fraction of sp³-hybridized carbons (Fsp3) is 1.00. The molecule has 0 aliphatic heterocycles. The van der Waals surface area contributed by atoms with Crippen molar-refractivity contribution < 1.29 is 5.11 Å². The molecule has 0 atom stereocenters. The Morgan fingerprint density at radius 2 is 1.56 bits per heavy atom. The van der Waals surface area contributed by atoms with Crippen molar-refractivity contribution >= 4 is 0 Å². The molecule has 0 aromatic carbocycles. The minimum atomic E-state index is -0.891. The Balaban J connectivity index is 3.75. The molecule has 56 valence electrons. The first-order valence-electron chi connectivity index (χ1n) is 3.01. The predicted molar refractivity (Wildman–Crippen MR) is 37.7 cm³/mol. The molecule has 0 saturated carbocycles. The zero-order valence-electron chi connectivity index (χ0n) is 6.52. The Bertz CT molecular complexity index is 76.2. The number of aliphatic hydroxyl groups is 1. The molecular formula is C6H16N2O. The van der Waals surface area contributed by atoms with E-state index in [2.05, 4.69) is 5.32 Å². The van der Waals surface area contributed by atoms with Gasteiger partial charge in [-0.05, 0) is 27.7 Å². The lowest BCUT2D eigenvalue weighted by Gasteiger charge is -2.29. The molecule has 0 aromatic heterocycles. The second kappa shape index (κ2) is 2.25. The lowest BCUT2D eigenvalue weighted by atomic mass is 10.2.